The molecule has 0 aliphatic carbocycles. The van der Waals surface area contributed by atoms with Crippen LogP contribution in [0, 0.1) is 16.0 Å². The van der Waals surface area contributed by atoms with E-state index in [1.165, 1.54) is 47.8 Å². The molecule has 1 aromatic heterocycles. The van der Waals surface area contributed by atoms with Gasteiger partial charge >= 0.3 is 17.7 Å². The van der Waals surface area contributed by atoms with E-state index in [-0.39, 0.29) is 65.9 Å². The van der Waals surface area contributed by atoms with Gasteiger partial charge in [0, 0.05) is 49.7 Å². The number of aryl methyl sites for hydroxylation is 1. The van der Waals surface area contributed by atoms with Crippen molar-refractivity contribution in [2.75, 3.05) is 41.1 Å². The Hall–Kier alpha value is -8.41. The molecule has 0 spiro atoms. The number of nitro groups is 1. The van der Waals surface area contributed by atoms with Gasteiger partial charge in [0.1, 0.15) is 36.7 Å². The summed E-state index contributed by atoms with van der Waals surface area (Å²) in [6.45, 7) is 4.67. The number of benzene rings is 3. The van der Waals surface area contributed by atoms with E-state index in [4.69, 9.17) is 29.4 Å². The maximum absolute atomic E-state index is 14.2. The number of nitrogens with two attached hydrogens (primary N) is 1. The van der Waals surface area contributed by atoms with E-state index in [1.807, 2.05) is 0 Å². The summed E-state index contributed by atoms with van der Waals surface area (Å²) in [5.41, 5.74) is 6.35. The fraction of sp³-hybridized carbons (Fsp3) is 0.442. The third-order valence-electron chi connectivity index (χ3n) is 13.5. The number of aliphatic hydroxyl groups excluding tert-OH is 4. The number of amides is 6. The number of hydrogen-bond acceptors (Lipinski definition) is 19. The number of carboxylic acids is 1. The lowest BCUT2D eigenvalue weighted by molar-refractivity contribution is -0.387. The van der Waals surface area contributed by atoms with Crippen LogP contribution in [0.1, 0.15) is 79.3 Å². The SMILES string of the molecule is COc1cc2c(cc1OCCCC(=O)Nc1cc(C(=O)Nc3ccc(NC(=O)[C@H](C)NC(=O)[C@@H](N)C(C)C)cc3)n(C)c1)N(C(=O)OCc1ccc(O[C@@H]3O[C@H](C(=O)O)[C@@H](O)[C@H](O)[C@H]3O)c([N+](=O)[O-])c1)C(O)[C@@H]1CCCCN1C2=O. The molecule has 2 fully saturated rings. The van der Waals surface area contributed by atoms with E-state index in [9.17, 15) is 69.2 Å². The van der Waals surface area contributed by atoms with Crippen LogP contribution in [-0.4, -0.2) is 157 Å². The van der Waals surface area contributed by atoms with Crippen LogP contribution in [0.25, 0.3) is 0 Å². The van der Waals surface area contributed by atoms with Gasteiger partial charge < -0.3 is 85.7 Å². The molecule has 430 valence electrons. The number of anilines is 4. The summed E-state index contributed by atoms with van der Waals surface area (Å²) < 4.78 is 29.3. The van der Waals surface area contributed by atoms with Gasteiger partial charge in [0.05, 0.1) is 47.7 Å². The van der Waals surface area contributed by atoms with Crippen molar-refractivity contribution >= 4 is 70.0 Å². The fourth-order valence-electron chi connectivity index (χ4n) is 9.03. The Morgan fingerprint density at radius 2 is 1.56 bits per heavy atom. The smallest absolute Gasteiger partial charge is 0.416 e. The lowest BCUT2D eigenvalue weighted by Crippen LogP contribution is -2.61. The lowest BCUT2D eigenvalue weighted by Gasteiger charge is -2.38. The van der Waals surface area contributed by atoms with Gasteiger partial charge in [0.15, 0.2) is 29.6 Å². The molecule has 7 rings (SSSR count). The van der Waals surface area contributed by atoms with Gasteiger partial charge in [0.25, 0.3) is 11.8 Å². The number of rotatable bonds is 20. The molecular formula is C52H63N9O19. The first-order valence-corrected chi connectivity index (χ1v) is 25.4. The van der Waals surface area contributed by atoms with Crippen molar-refractivity contribution in [3.63, 3.8) is 0 Å². The molecule has 1 unspecified atom stereocenters. The van der Waals surface area contributed by atoms with Crippen LogP contribution in [0.4, 0.5) is 33.2 Å². The Morgan fingerprint density at radius 1 is 0.863 bits per heavy atom. The second-order valence-electron chi connectivity index (χ2n) is 19.6. The summed E-state index contributed by atoms with van der Waals surface area (Å²) in [5, 5.41) is 74.9. The summed E-state index contributed by atoms with van der Waals surface area (Å²) in [4.78, 5) is 105. The van der Waals surface area contributed by atoms with Gasteiger partial charge in [-0.1, -0.05) is 19.9 Å². The van der Waals surface area contributed by atoms with E-state index in [0.29, 0.717) is 36.3 Å². The Morgan fingerprint density at radius 3 is 2.23 bits per heavy atom. The normalized spacial score (nSPS) is 21.4. The summed E-state index contributed by atoms with van der Waals surface area (Å²) in [5.74, 6) is -4.59. The Labute approximate surface area is 456 Å². The molecule has 0 bridgehead atoms. The minimum atomic E-state index is -2.05. The van der Waals surface area contributed by atoms with E-state index >= 15 is 0 Å². The van der Waals surface area contributed by atoms with Crippen LogP contribution in [0.15, 0.2) is 66.9 Å². The first kappa shape index (κ1) is 59.3. The number of piperidine rings is 1. The van der Waals surface area contributed by atoms with Crippen LogP contribution in [0.2, 0.25) is 0 Å². The van der Waals surface area contributed by atoms with Crippen molar-refractivity contribution in [3.8, 4) is 17.2 Å². The molecule has 9 atom stereocenters. The number of methoxy groups -OCH3 is 1. The third-order valence-corrected chi connectivity index (χ3v) is 13.5. The monoisotopic (exact) mass is 1120 g/mol. The summed E-state index contributed by atoms with van der Waals surface area (Å²) in [7, 11) is 2.95. The number of nitro benzene ring substituents is 1. The lowest BCUT2D eigenvalue weighted by atomic mass is 9.99. The van der Waals surface area contributed by atoms with Crippen molar-refractivity contribution < 1.29 is 87.7 Å². The molecular weight excluding hydrogens is 1050 g/mol. The molecule has 28 nitrogen and oxygen atoms in total. The zero-order chi connectivity index (χ0) is 58.3. The third kappa shape index (κ3) is 13.5. The highest BCUT2D eigenvalue weighted by atomic mass is 16.7. The Kier molecular flexibility index (Phi) is 19.0. The number of aliphatic hydroxyl groups is 4. The number of carbonyl (C=O) groups excluding carboxylic acids is 6. The van der Waals surface area contributed by atoms with Crippen LogP contribution < -0.4 is 46.1 Å². The first-order valence-electron chi connectivity index (χ1n) is 25.4. The molecule has 80 heavy (non-hydrogen) atoms. The standard InChI is InChI=1S/C52H63N9O19/c1-25(2)40(53)47(68)54-26(3)45(66)56-28-12-14-29(15-13-28)57-46(67)35-20-30(23-58(35)4)55-39(62)10-8-18-77-38-22-33-31(21-37(38)76-5)48(69)59-17-7-6-9-32(59)49(70)60(33)52(73)78-24-27-11-16-36(34(19-27)61(74)75)79-51-43(65)41(63)42(64)44(80-51)50(71)72/h11-16,19-23,25-26,32,40-44,49,51,63-65,70H,6-10,17-18,24,53H2,1-5H3,(H,54,68)(H,55,62)(H,56,66)(H,57,67)(H,71,72)/t26-,32-,40-,41-,42-,43+,44-,49?,51+/m0/s1. The van der Waals surface area contributed by atoms with Crippen molar-refractivity contribution in [1.29, 1.82) is 0 Å². The highest BCUT2D eigenvalue weighted by Crippen LogP contribution is 2.42. The van der Waals surface area contributed by atoms with Crippen LogP contribution in [0.5, 0.6) is 17.2 Å². The van der Waals surface area contributed by atoms with E-state index < -0.39 is 120 Å². The quantitative estimate of drug-likeness (QED) is 0.0344. The van der Waals surface area contributed by atoms with Gasteiger partial charge in [-0.25, -0.2) is 14.5 Å². The number of ether oxygens (including phenoxy) is 5. The van der Waals surface area contributed by atoms with Gasteiger partial charge in [-0.3, -0.25) is 34.1 Å². The van der Waals surface area contributed by atoms with Crippen LogP contribution in [0.3, 0.4) is 0 Å². The van der Waals surface area contributed by atoms with Crippen LogP contribution >= 0.6 is 0 Å². The van der Waals surface area contributed by atoms with E-state index in [0.717, 1.165) is 17.0 Å². The molecule has 0 radical (unpaired) electrons. The number of carboxylic acid groups (broad SMARTS) is 1. The number of nitrogens with zero attached hydrogens (tertiary/aromatic N) is 4. The average Bonchev–Trinajstić information content (AvgIpc) is 3.79. The molecule has 3 aliphatic heterocycles. The highest BCUT2D eigenvalue weighted by Gasteiger charge is 2.49. The molecule has 2 saturated heterocycles. The number of fused-ring (bicyclic) bond motifs is 2. The molecule has 11 N–H and O–H groups in total. The number of aromatic nitrogens is 1. The molecule has 4 heterocycles. The van der Waals surface area contributed by atoms with Crippen molar-refractivity contribution in [3.05, 3.63) is 93.8 Å². The Bertz CT molecular complexity index is 2990. The molecule has 3 aromatic carbocycles. The number of carbonyl (C=O) groups is 7. The van der Waals surface area contributed by atoms with Gasteiger partial charge in [-0.05, 0) is 86.6 Å². The van der Waals surface area contributed by atoms with Crippen molar-refractivity contribution in [2.45, 2.75) is 115 Å². The number of hydrogen-bond donors (Lipinski definition) is 10. The van der Waals surface area contributed by atoms with E-state index in [1.54, 1.807) is 51.4 Å². The van der Waals surface area contributed by atoms with Gasteiger partial charge in [0.2, 0.25) is 24.0 Å². The Balaban J connectivity index is 0.971. The van der Waals surface area contributed by atoms with Crippen LogP contribution in [-0.2, 0) is 42.3 Å². The topological polar surface area (TPSA) is 395 Å². The molecule has 28 heteroatoms. The predicted molar refractivity (Wildman–Crippen MR) is 281 cm³/mol. The zero-order valence-electron chi connectivity index (χ0n) is 44.1. The summed E-state index contributed by atoms with van der Waals surface area (Å²) in [6, 6.07) is 11.2. The van der Waals surface area contributed by atoms with E-state index in [2.05, 4.69) is 21.3 Å². The van der Waals surface area contributed by atoms with Gasteiger partial charge in [-0.2, -0.15) is 0 Å². The first-order chi connectivity index (χ1) is 38.0. The molecule has 3 aliphatic rings. The maximum Gasteiger partial charge on any atom is 0.416 e. The minimum absolute atomic E-state index is 0.0233. The number of aliphatic carboxylic acids is 1. The largest absolute Gasteiger partial charge is 0.493 e. The van der Waals surface area contributed by atoms with Gasteiger partial charge in [-0.15, -0.1) is 0 Å². The summed E-state index contributed by atoms with van der Waals surface area (Å²) >= 11 is 0. The van der Waals surface area contributed by atoms with Crippen molar-refractivity contribution in [1.82, 2.24) is 14.8 Å². The predicted octanol–water partition coefficient (Wildman–Crippen LogP) is 2.16. The fourth-order valence-corrected chi connectivity index (χ4v) is 9.03. The second kappa shape index (κ2) is 25.6. The highest BCUT2D eigenvalue weighted by molar-refractivity contribution is 6.06. The summed E-state index contributed by atoms with van der Waals surface area (Å²) in [6.07, 6.45) is -9.75. The minimum Gasteiger partial charge on any atom is -0.493 e. The molecule has 4 aromatic rings. The maximum atomic E-state index is 14.2. The molecule has 6 amide bonds. The average molecular weight is 1120 g/mol. The van der Waals surface area contributed by atoms with Crippen molar-refractivity contribution in [2.24, 2.45) is 18.7 Å². The zero-order valence-corrected chi connectivity index (χ0v) is 44.1. The second-order valence-corrected chi connectivity index (χ2v) is 19.6. The number of nitrogens with one attached hydrogen (secondary N) is 4. The molecule has 0 saturated carbocycles.